The number of aliphatic hydroxyl groups excluding tert-OH is 4. The van der Waals surface area contributed by atoms with Crippen molar-refractivity contribution in [2.75, 3.05) is 19.8 Å². The van der Waals surface area contributed by atoms with Crippen molar-refractivity contribution in [2.45, 2.75) is 185 Å². The first kappa shape index (κ1) is 45.9. The predicted octanol–water partition coefficient (Wildman–Crippen LogP) is 7.16. The molecule has 0 saturated carbocycles. The number of aliphatic hydroxyl groups is 4. The van der Waals surface area contributed by atoms with Gasteiger partial charge in [0.2, 0.25) is 0 Å². The van der Waals surface area contributed by atoms with Crippen LogP contribution in [0.15, 0.2) is 36.5 Å². The van der Waals surface area contributed by atoms with Gasteiger partial charge in [-0.1, -0.05) is 121 Å². The molecule has 1 fully saturated rings. The maximum Gasteiger partial charge on any atom is 0.306 e. The van der Waals surface area contributed by atoms with Crippen molar-refractivity contribution in [3.63, 3.8) is 0 Å². The van der Waals surface area contributed by atoms with Crippen LogP contribution in [0, 0.1) is 0 Å². The standard InChI is InChI=1S/C40H70O10/c1-3-5-7-9-11-13-14-15-16-17-18-19-20-21-23-24-26-28-35(42)47-31-33(49-36(43)29-27-25-22-12-10-8-6-4-2)32-48-40-39(46)38(45)37(44)34(30-41)50-40/h11,13,15-16,18-19,33-34,37-41,44-46H,3-10,12,14,17,20-32H2,1-2H3/b13-11+,16-15+,19-18+/t33-,34-,37+,38?,39?,40-/m0/s1. The number of ether oxygens (including phenoxy) is 4. The van der Waals surface area contributed by atoms with Crippen LogP contribution < -0.4 is 0 Å². The van der Waals surface area contributed by atoms with Gasteiger partial charge in [-0.2, -0.15) is 0 Å². The number of carbonyl (C=O) groups is 2. The summed E-state index contributed by atoms with van der Waals surface area (Å²) in [4.78, 5) is 25.1. The first-order valence-corrected chi connectivity index (χ1v) is 19.6. The number of allylic oxidation sites excluding steroid dienone is 6. The Balaban J connectivity index is 2.37. The molecule has 0 aromatic rings. The molecule has 0 amide bonds. The number of rotatable bonds is 31. The highest BCUT2D eigenvalue weighted by Crippen LogP contribution is 2.22. The maximum atomic E-state index is 12.6. The lowest BCUT2D eigenvalue weighted by atomic mass is 9.99. The van der Waals surface area contributed by atoms with Crippen LogP contribution in [0.25, 0.3) is 0 Å². The minimum atomic E-state index is -1.60. The van der Waals surface area contributed by atoms with Gasteiger partial charge in [0.1, 0.15) is 31.0 Å². The Morgan fingerprint density at radius 1 is 0.620 bits per heavy atom. The molecule has 0 aromatic carbocycles. The average Bonchev–Trinajstić information content (AvgIpc) is 3.11. The van der Waals surface area contributed by atoms with Crippen molar-refractivity contribution in [3.8, 4) is 0 Å². The second kappa shape index (κ2) is 31.6. The van der Waals surface area contributed by atoms with Crippen molar-refractivity contribution in [2.24, 2.45) is 0 Å². The normalized spacial score (nSPS) is 21.8. The van der Waals surface area contributed by atoms with Crippen LogP contribution in [0.5, 0.6) is 0 Å². The quantitative estimate of drug-likeness (QED) is 0.0331. The Hall–Kier alpha value is -2.08. The van der Waals surface area contributed by atoms with E-state index in [9.17, 15) is 30.0 Å². The van der Waals surface area contributed by atoms with Crippen molar-refractivity contribution in [1.29, 1.82) is 0 Å². The van der Waals surface area contributed by atoms with Gasteiger partial charge in [0.05, 0.1) is 13.2 Å². The van der Waals surface area contributed by atoms with Crippen molar-refractivity contribution < 1.29 is 49.0 Å². The average molecular weight is 711 g/mol. The molecule has 0 spiro atoms. The van der Waals surface area contributed by atoms with Crippen LogP contribution >= 0.6 is 0 Å². The van der Waals surface area contributed by atoms with E-state index in [2.05, 4.69) is 50.3 Å². The summed E-state index contributed by atoms with van der Waals surface area (Å²) in [5, 5.41) is 39.8. The van der Waals surface area contributed by atoms with Gasteiger partial charge in [0.25, 0.3) is 0 Å². The molecule has 1 aliphatic rings. The number of hydrogen-bond donors (Lipinski definition) is 4. The van der Waals surface area contributed by atoms with Crippen LogP contribution in [0.3, 0.4) is 0 Å². The third-order valence-corrected chi connectivity index (χ3v) is 8.78. The van der Waals surface area contributed by atoms with Gasteiger partial charge in [-0.05, 0) is 51.4 Å². The highest BCUT2D eigenvalue weighted by Gasteiger charge is 2.44. The Labute approximate surface area is 302 Å². The molecule has 0 aliphatic carbocycles. The molecular formula is C40H70O10. The van der Waals surface area contributed by atoms with Gasteiger partial charge in [-0.15, -0.1) is 0 Å². The number of hydrogen-bond acceptors (Lipinski definition) is 10. The van der Waals surface area contributed by atoms with Gasteiger partial charge in [-0.3, -0.25) is 9.59 Å². The molecule has 50 heavy (non-hydrogen) atoms. The molecule has 4 N–H and O–H groups in total. The number of carbonyl (C=O) groups excluding carboxylic acids is 2. The fourth-order valence-corrected chi connectivity index (χ4v) is 5.60. The summed E-state index contributed by atoms with van der Waals surface area (Å²) in [5.74, 6) is -0.839. The lowest BCUT2D eigenvalue weighted by Crippen LogP contribution is -2.59. The first-order valence-electron chi connectivity index (χ1n) is 19.6. The summed E-state index contributed by atoms with van der Waals surface area (Å²) in [6.45, 7) is 3.31. The van der Waals surface area contributed by atoms with Crippen molar-refractivity contribution >= 4 is 11.9 Å². The summed E-state index contributed by atoms with van der Waals surface area (Å²) in [6, 6.07) is 0. The fraction of sp³-hybridized carbons (Fsp3) is 0.800. The third kappa shape index (κ3) is 23.4. The van der Waals surface area contributed by atoms with E-state index >= 15 is 0 Å². The highest BCUT2D eigenvalue weighted by molar-refractivity contribution is 5.70. The van der Waals surface area contributed by atoms with E-state index in [1.807, 2.05) is 0 Å². The summed E-state index contributed by atoms with van der Waals surface area (Å²) >= 11 is 0. The van der Waals surface area contributed by atoms with E-state index in [4.69, 9.17) is 18.9 Å². The number of esters is 2. The van der Waals surface area contributed by atoms with Crippen LogP contribution in [0.1, 0.15) is 149 Å². The summed E-state index contributed by atoms with van der Waals surface area (Å²) < 4.78 is 22.0. The molecule has 10 nitrogen and oxygen atoms in total. The molecule has 6 atom stereocenters. The molecular weight excluding hydrogens is 640 g/mol. The topological polar surface area (TPSA) is 152 Å². The molecule has 290 valence electrons. The highest BCUT2D eigenvalue weighted by atomic mass is 16.7. The van der Waals surface area contributed by atoms with Crippen LogP contribution in [-0.4, -0.2) is 89.0 Å². The molecule has 1 rings (SSSR count). The van der Waals surface area contributed by atoms with E-state index in [-0.39, 0.29) is 26.1 Å². The summed E-state index contributed by atoms with van der Waals surface area (Å²) in [6.07, 6.45) is 26.0. The zero-order valence-electron chi connectivity index (χ0n) is 31.1. The Morgan fingerprint density at radius 3 is 1.72 bits per heavy atom. The van der Waals surface area contributed by atoms with E-state index in [1.165, 1.54) is 51.4 Å². The largest absolute Gasteiger partial charge is 0.462 e. The van der Waals surface area contributed by atoms with Gasteiger partial charge < -0.3 is 39.4 Å². The first-order chi connectivity index (χ1) is 24.3. The predicted molar refractivity (Wildman–Crippen MR) is 196 cm³/mol. The summed E-state index contributed by atoms with van der Waals surface area (Å²) in [7, 11) is 0. The van der Waals surface area contributed by atoms with Crippen molar-refractivity contribution in [1.82, 2.24) is 0 Å². The molecule has 1 heterocycles. The lowest BCUT2D eigenvalue weighted by molar-refractivity contribution is -0.305. The molecule has 1 saturated heterocycles. The minimum absolute atomic E-state index is 0.224. The Bertz CT molecular complexity index is 918. The Kier molecular flexibility index (Phi) is 29.1. The zero-order chi connectivity index (χ0) is 36.7. The number of unbranched alkanes of at least 4 members (excludes halogenated alkanes) is 14. The molecule has 2 unspecified atom stereocenters. The van der Waals surface area contributed by atoms with E-state index in [1.54, 1.807) is 0 Å². The van der Waals surface area contributed by atoms with E-state index < -0.39 is 55.4 Å². The van der Waals surface area contributed by atoms with Gasteiger partial charge in [-0.25, -0.2) is 0 Å². The van der Waals surface area contributed by atoms with Gasteiger partial charge in [0.15, 0.2) is 12.4 Å². The second-order valence-corrected chi connectivity index (χ2v) is 13.4. The summed E-state index contributed by atoms with van der Waals surface area (Å²) in [5.41, 5.74) is 0. The minimum Gasteiger partial charge on any atom is -0.462 e. The monoisotopic (exact) mass is 710 g/mol. The van der Waals surface area contributed by atoms with Crippen LogP contribution in [-0.2, 0) is 28.5 Å². The SMILES string of the molecule is CCCCC/C=C/C/C=C/C/C=C/CCCCCCC(=O)OC[C@@H](CO[C@H]1O[C@@H](CO)[C@@H](O)C(O)C1O)OC(=O)CCCCCCCCCC. The zero-order valence-corrected chi connectivity index (χ0v) is 31.1. The third-order valence-electron chi connectivity index (χ3n) is 8.78. The second-order valence-electron chi connectivity index (χ2n) is 13.4. The molecule has 0 bridgehead atoms. The van der Waals surface area contributed by atoms with Crippen LogP contribution in [0.4, 0.5) is 0 Å². The van der Waals surface area contributed by atoms with Crippen molar-refractivity contribution in [3.05, 3.63) is 36.5 Å². The molecule has 0 radical (unpaired) electrons. The molecule has 10 heteroatoms. The Morgan fingerprint density at radius 2 is 1.12 bits per heavy atom. The smallest absolute Gasteiger partial charge is 0.306 e. The molecule has 0 aromatic heterocycles. The maximum absolute atomic E-state index is 12.6. The van der Waals surface area contributed by atoms with Gasteiger partial charge >= 0.3 is 11.9 Å². The van der Waals surface area contributed by atoms with Gasteiger partial charge in [0, 0.05) is 12.8 Å². The lowest BCUT2D eigenvalue weighted by Gasteiger charge is -2.39. The fourth-order valence-electron chi connectivity index (χ4n) is 5.60. The van der Waals surface area contributed by atoms with E-state index in [0.29, 0.717) is 12.8 Å². The van der Waals surface area contributed by atoms with Crippen LogP contribution in [0.2, 0.25) is 0 Å². The molecule has 1 aliphatic heterocycles. The van der Waals surface area contributed by atoms with E-state index in [0.717, 1.165) is 57.8 Å².